The van der Waals surface area contributed by atoms with Gasteiger partial charge in [-0.25, -0.2) is 9.97 Å². The summed E-state index contributed by atoms with van der Waals surface area (Å²) in [5.41, 5.74) is 6.13. The Balaban J connectivity index is 0.000000318. The highest BCUT2D eigenvalue weighted by atomic mass is 16.5. The van der Waals surface area contributed by atoms with Gasteiger partial charge in [0.25, 0.3) is 5.88 Å². The number of nitrogens with zero attached hydrogens (tertiary/aromatic N) is 5. The number of hydrogen-bond donors (Lipinski definition) is 0. The molecule has 0 N–H and O–H groups in total. The van der Waals surface area contributed by atoms with Crippen LogP contribution in [0.2, 0.25) is 0 Å². The van der Waals surface area contributed by atoms with Crippen LogP contribution in [0.25, 0.3) is 28.2 Å². The van der Waals surface area contributed by atoms with Crippen molar-refractivity contribution >= 4 is 5.65 Å². The minimum Gasteiger partial charge on any atom is -0.478 e. The molecule has 0 unspecified atom stereocenters. The van der Waals surface area contributed by atoms with Gasteiger partial charge >= 0.3 is 0 Å². The topological polar surface area (TPSA) is 66.5 Å². The van der Waals surface area contributed by atoms with Gasteiger partial charge in [0.15, 0.2) is 0 Å². The molecule has 2 aromatic carbocycles. The van der Waals surface area contributed by atoms with E-state index < -0.39 is 0 Å². The van der Waals surface area contributed by atoms with Crippen LogP contribution in [0.1, 0.15) is 30.4 Å². The lowest BCUT2D eigenvalue weighted by Gasteiger charge is -2.20. The monoisotopic (exact) mass is 439 g/mol. The van der Waals surface area contributed by atoms with E-state index in [-0.39, 0.29) is 0 Å². The van der Waals surface area contributed by atoms with Gasteiger partial charge in [-0.1, -0.05) is 48.4 Å². The van der Waals surface area contributed by atoms with Crippen LogP contribution in [0.15, 0.2) is 60.9 Å². The first-order chi connectivity index (χ1) is 16.1. The van der Waals surface area contributed by atoms with Crippen molar-refractivity contribution < 1.29 is 4.74 Å². The van der Waals surface area contributed by atoms with Gasteiger partial charge in [0.05, 0.1) is 30.1 Å². The number of methoxy groups -OCH3 is 1. The zero-order valence-corrected chi connectivity index (χ0v) is 19.5. The highest BCUT2D eigenvalue weighted by Crippen LogP contribution is 2.34. The Hall–Kier alpha value is -3.69. The Morgan fingerprint density at radius 1 is 0.939 bits per heavy atom. The predicted octanol–water partition coefficient (Wildman–Crippen LogP) is 5.35. The first-order valence-corrected chi connectivity index (χ1v) is 11.3. The SMILES string of the molecule is CN1CCCCC1.COc1nc(-c2ccc(C#N)cc2)c(-c2ccc(C)cc2)n2ccnc12. The van der Waals surface area contributed by atoms with Crippen molar-refractivity contribution in [3.05, 3.63) is 72.1 Å². The van der Waals surface area contributed by atoms with E-state index in [1.807, 2.05) is 22.7 Å². The summed E-state index contributed by atoms with van der Waals surface area (Å²) < 4.78 is 7.45. The number of likely N-dealkylation sites (tertiary alicyclic amines) is 1. The highest BCUT2D eigenvalue weighted by molar-refractivity contribution is 5.81. The van der Waals surface area contributed by atoms with E-state index in [2.05, 4.69) is 54.2 Å². The summed E-state index contributed by atoms with van der Waals surface area (Å²) in [6, 6.07) is 17.8. The van der Waals surface area contributed by atoms with Gasteiger partial charge in [0.2, 0.25) is 5.65 Å². The molecule has 1 aliphatic rings. The third kappa shape index (κ3) is 5.05. The van der Waals surface area contributed by atoms with Crippen molar-refractivity contribution in [2.24, 2.45) is 0 Å². The molecule has 1 fully saturated rings. The summed E-state index contributed by atoms with van der Waals surface area (Å²) >= 11 is 0. The zero-order chi connectivity index (χ0) is 23.2. The summed E-state index contributed by atoms with van der Waals surface area (Å²) in [6.45, 7) is 4.70. The van der Waals surface area contributed by atoms with E-state index in [1.165, 1.54) is 37.9 Å². The second kappa shape index (κ2) is 10.3. The van der Waals surface area contributed by atoms with Crippen LogP contribution in [0.5, 0.6) is 5.88 Å². The van der Waals surface area contributed by atoms with Crippen LogP contribution in [-0.2, 0) is 0 Å². The summed E-state index contributed by atoms with van der Waals surface area (Å²) in [7, 11) is 3.78. The smallest absolute Gasteiger partial charge is 0.258 e. The molecule has 5 rings (SSSR count). The van der Waals surface area contributed by atoms with E-state index in [4.69, 9.17) is 15.0 Å². The molecule has 0 bridgehead atoms. The number of piperidine rings is 1. The normalized spacial score (nSPS) is 13.8. The van der Waals surface area contributed by atoms with Gasteiger partial charge in [-0.2, -0.15) is 5.26 Å². The maximum atomic E-state index is 9.06. The minimum atomic E-state index is 0.463. The van der Waals surface area contributed by atoms with Crippen molar-refractivity contribution in [2.45, 2.75) is 26.2 Å². The number of ether oxygens (including phenoxy) is 1. The van der Waals surface area contributed by atoms with Gasteiger partial charge in [0, 0.05) is 23.5 Å². The number of fused-ring (bicyclic) bond motifs is 1. The first-order valence-electron chi connectivity index (χ1n) is 11.3. The molecule has 4 aromatic rings. The fraction of sp³-hybridized carbons (Fsp3) is 0.296. The summed E-state index contributed by atoms with van der Waals surface area (Å²) in [4.78, 5) is 11.5. The second-order valence-electron chi connectivity index (χ2n) is 8.36. The number of hydrogen-bond acceptors (Lipinski definition) is 5. The van der Waals surface area contributed by atoms with Crippen LogP contribution in [-0.4, -0.2) is 46.5 Å². The Bertz CT molecular complexity index is 1250. The molecule has 3 heterocycles. The van der Waals surface area contributed by atoms with E-state index in [0.29, 0.717) is 17.1 Å². The Morgan fingerprint density at radius 3 is 2.18 bits per heavy atom. The molecule has 0 atom stereocenters. The molecule has 0 radical (unpaired) electrons. The average molecular weight is 440 g/mol. The first kappa shape index (κ1) is 22.5. The van der Waals surface area contributed by atoms with Gasteiger partial charge in [-0.3, -0.25) is 4.40 Å². The van der Waals surface area contributed by atoms with E-state index in [0.717, 1.165) is 22.5 Å². The van der Waals surface area contributed by atoms with Crippen molar-refractivity contribution in [1.29, 1.82) is 5.26 Å². The lowest BCUT2D eigenvalue weighted by atomic mass is 10.0. The number of nitriles is 1. The third-order valence-electron chi connectivity index (χ3n) is 5.90. The van der Waals surface area contributed by atoms with Gasteiger partial charge in [-0.15, -0.1) is 0 Å². The summed E-state index contributed by atoms with van der Waals surface area (Å²) in [6.07, 6.45) is 7.92. The van der Waals surface area contributed by atoms with Crippen LogP contribution in [0, 0.1) is 18.3 Å². The number of imidazole rings is 1. The van der Waals surface area contributed by atoms with Gasteiger partial charge < -0.3 is 9.64 Å². The molecule has 6 nitrogen and oxygen atoms in total. The van der Waals surface area contributed by atoms with Crippen molar-refractivity contribution in [3.8, 4) is 34.5 Å². The second-order valence-corrected chi connectivity index (χ2v) is 8.36. The van der Waals surface area contributed by atoms with E-state index in [1.54, 1.807) is 25.4 Å². The van der Waals surface area contributed by atoms with Crippen LogP contribution in [0.4, 0.5) is 0 Å². The molecular weight excluding hydrogens is 410 g/mol. The summed E-state index contributed by atoms with van der Waals surface area (Å²) in [5.74, 6) is 0.463. The molecule has 0 spiro atoms. The maximum Gasteiger partial charge on any atom is 0.258 e. The molecule has 33 heavy (non-hydrogen) atoms. The van der Waals surface area contributed by atoms with E-state index in [9.17, 15) is 0 Å². The fourth-order valence-electron chi connectivity index (χ4n) is 4.04. The van der Waals surface area contributed by atoms with Gasteiger partial charge in [-0.05, 0) is 52.0 Å². The molecule has 1 saturated heterocycles. The van der Waals surface area contributed by atoms with Crippen LogP contribution in [0.3, 0.4) is 0 Å². The molecular formula is C27H29N5O. The standard InChI is InChI=1S/C21H16N4O.C6H13N/c1-14-3-7-17(8-4-14)19-18(16-9-5-15(13-22)6-10-16)24-21(26-2)20-23-11-12-25(19)20;1-7-5-3-2-4-6-7/h3-12H,1-2H3;2-6H2,1H3. The van der Waals surface area contributed by atoms with Gasteiger partial charge in [0.1, 0.15) is 0 Å². The maximum absolute atomic E-state index is 9.06. The highest BCUT2D eigenvalue weighted by Gasteiger charge is 2.18. The number of aryl methyl sites for hydroxylation is 1. The Morgan fingerprint density at radius 2 is 1.61 bits per heavy atom. The molecule has 168 valence electrons. The molecule has 0 aliphatic carbocycles. The summed E-state index contributed by atoms with van der Waals surface area (Å²) in [5, 5.41) is 9.06. The molecule has 2 aromatic heterocycles. The largest absolute Gasteiger partial charge is 0.478 e. The quantitative estimate of drug-likeness (QED) is 0.430. The van der Waals surface area contributed by atoms with Crippen molar-refractivity contribution in [3.63, 3.8) is 0 Å². The molecule has 0 saturated carbocycles. The van der Waals surface area contributed by atoms with Crippen LogP contribution < -0.4 is 4.74 Å². The van der Waals surface area contributed by atoms with Crippen molar-refractivity contribution in [1.82, 2.24) is 19.3 Å². The Kier molecular flexibility index (Phi) is 7.01. The van der Waals surface area contributed by atoms with Crippen molar-refractivity contribution in [2.75, 3.05) is 27.2 Å². The van der Waals surface area contributed by atoms with Crippen LogP contribution >= 0.6 is 0 Å². The number of aromatic nitrogens is 3. The zero-order valence-electron chi connectivity index (χ0n) is 19.5. The average Bonchev–Trinajstić information content (AvgIpc) is 3.35. The fourth-order valence-corrected chi connectivity index (χ4v) is 4.04. The van der Waals surface area contributed by atoms with E-state index >= 15 is 0 Å². The third-order valence-corrected chi connectivity index (χ3v) is 5.90. The molecule has 6 heteroatoms. The molecule has 1 aliphatic heterocycles. The Labute approximate surface area is 195 Å². The number of benzene rings is 2. The minimum absolute atomic E-state index is 0.463. The lowest BCUT2D eigenvalue weighted by molar-refractivity contribution is 0.277. The molecule has 0 amide bonds. The lowest BCUT2D eigenvalue weighted by Crippen LogP contribution is -2.24. The number of rotatable bonds is 3. The predicted molar refractivity (Wildman–Crippen MR) is 131 cm³/mol.